The number of hydrogen-bond acceptors (Lipinski definition) is 7. The molecule has 14 heteroatoms. The summed E-state index contributed by atoms with van der Waals surface area (Å²) in [4.78, 5) is 29.2. The number of ether oxygens (including phenoxy) is 3. The Hall–Kier alpha value is -2.97. The van der Waals surface area contributed by atoms with Crippen LogP contribution in [0.25, 0.3) is 0 Å². The molecule has 264 valence electrons. The van der Waals surface area contributed by atoms with Gasteiger partial charge in [-0.15, -0.1) is 0 Å². The monoisotopic (exact) mass is 755 g/mol. The Morgan fingerprint density at radius 1 is 0.958 bits per heavy atom. The van der Waals surface area contributed by atoms with E-state index in [1.54, 1.807) is 25.7 Å². The van der Waals surface area contributed by atoms with Gasteiger partial charge in [0, 0.05) is 43.6 Å². The fraction of sp³-hybridized carbons (Fsp3) is 0.588. The number of benzene rings is 2. The molecule has 48 heavy (non-hydrogen) atoms. The maximum absolute atomic E-state index is 16.4. The zero-order chi connectivity index (χ0) is 34.9. The van der Waals surface area contributed by atoms with Gasteiger partial charge >= 0.3 is 6.09 Å². The summed E-state index contributed by atoms with van der Waals surface area (Å²) >= 11 is 3.25. The van der Waals surface area contributed by atoms with E-state index in [1.807, 2.05) is 0 Å². The van der Waals surface area contributed by atoms with Crippen molar-refractivity contribution in [3.63, 3.8) is 0 Å². The fourth-order valence-corrected chi connectivity index (χ4v) is 8.25. The van der Waals surface area contributed by atoms with Crippen LogP contribution in [-0.4, -0.2) is 81.8 Å². The summed E-state index contributed by atoms with van der Waals surface area (Å²) in [6.45, 7) is 6.62. The first kappa shape index (κ1) is 36.3. The van der Waals surface area contributed by atoms with Crippen LogP contribution in [0.5, 0.6) is 11.5 Å². The van der Waals surface area contributed by atoms with Crippen molar-refractivity contribution in [3.8, 4) is 11.5 Å². The number of halogens is 3. The van der Waals surface area contributed by atoms with E-state index in [4.69, 9.17) is 14.2 Å². The quantitative estimate of drug-likeness (QED) is 0.308. The molecule has 2 aliphatic heterocycles. The van der Waals surface area contributed by atoms with Gasteiger partial charge in [-0.3, -0.25) is 4.79 Å². The molecule has 3 fully saturated rings. The molecule has 2 aromatic rings. The van der Waals surface area contributed by atoms with Crippen LogP contribution in [0.3, 0.4) is 0 Å². The molecule has 2 aromatic carbocycles. The molecule has 2 heterocycles. The summed E-state index contributed by atoms with van der Waals surface area (Å²) in [6, 6.07) is 6.64. The molecule has 1 N–H and O–H groups in total. The average Bonchev–Trinajstić information content (AvgIpc) is 3.63. The number of methoxy groups -OCH3 is 1. The van der Waals surface area contributed by atoms with Crippen LogP contribution in [-0.2, 0) is 25.5 Å². The lowest BCUT2D eigenvalue weighted by atomic mass is 9.90. The second kappa shape index (κ2) is 14.5. The van der Waals surface area contributed by atoms with E-state index in [1.165, 1.54) is 48.8 Å². The number of alkyl halides is 2. The van der Waals surface area contributed by atoms with Gasteiger partial charge in [-0.1, -0.05) is 25.3 Å². The number of nitrogens with one attached hydrogen (secondary N) is 1. The third-order valence-corrected chi connectivity index (χ3v) is 11.3. The Kier molecular flexibility index (Phi) is 11.0. The zero-order valence-electron chi connectivity index (χ0n) is 27.7. The largest absolute Gasteiger partial charge is 0.496 e. The van der Waals surface area contributed by atoms with Crippen molar-refractivity contribution in [2.24, 2.45) is 17.8 Å². The van der Waals surface area contributed by atoms with Gasteiger partial charge < -0.3 is 24.0 Å². The third kappa shape index (κ3) is 8.42. The Labute approximate surface area is 289 Å². The summed E-state index contributed by atoms with van der Waals surface area (Å²) in [5.41, 5.74) is -1.27. The van der Waals surface area contributed by atoms with E-state index in [2.05, 4.69) is 20.7 Å². The molecule has 3 aliphatic rings. The second-order valence-corrected chi connectivity index (χ2v) is 16.5. The van der Waals surface area contributed by atoms with Crippen LogP contribution < -0.4 is 14.2 Å². The van der Waals surface area contributed by atoms with E-state index in [9.17, 15) is 18.0 Å². The fourth-order valence-electron chi connectivity index (χ4n) is 6.65. The van der Waals surface area contributed by atoms with Crippen molar-refractivity contribution in [2.45, 2.75) is 75.3 Å². The van der Waals surface area contributed by atoms with E-state index in [0.717, 1.165) is 37.8 Å². The molecule has 10 nitrogen and oxygen atoms in total. The summed E-state index contributed by atoms with van der Waals surface area (Å²) in [6.07, 6.45) is 5.26. The molecule has 1 aliphatic carbocycles. The van der Waals surface area contributed by atoms with Crippen LogP contribution in [0, 0.1) is 17.8 Å². The normalized spacial score (nSPS) is 21.1. The number of nitrogens with zero attached hydrogens (tertiary/aromatic N) is 2. The number of hydrogen-bond donors (Lipinski definition) is 1. The predicted octanol–water partition coefficient (Wildman–Crippen LogP) is 6.18. The molecule has 0 aromatic heterocycles. The predicted molar refractivity (Wildman–Crippen MR) is 179 cm³/mol. The molecule has 0 spiro atoms. The molecule has 5 rings (SSSR count). The van der Waals surface area contributed by atoms with E-state index < -0.39 is 45.2 Å². The van der Waals surface area contributed by atoms with Crippen molar-refractivity contribution in [2.75, 3.05) is 39.9 Å². The highest BCUT2D eigenvalue weighted by molar-refractivity contribution is 9.10. The van der Waals surface area contributed by atoms with Crippen LogP contribution in [0.1, 0.15) is 58.4 Å². The Balaban J connectivity index is 1.35. The average molecular weight is 757 g/mol. The number of amides is 2. The number of fused-ring (bicyclic) bond motifs is 1. The Morgan fingerprint density at radius 3 is 2.15 bits per heavy atom. The van der Waals surface area contributed by atoms with Crippen molar-refractivity contribution in [1.82, 2.24) is 14.5 Å². The van der Waals surface area contributed by atoms with Gasteiger partial charge in [-0.05, 0) is 91.9 Å². The van der Waals surface area contributed by atoms with Crippen molar-refractivity contribution in [1.29, 1.82) is 0 Å². The minimum absolute atomic E-state index is 0.0911. The van der Waals surface area contributed by atoms with Crippen molar-refractivity contribution in [3.05, 3.63) is 52.5 Å². The smallest absolute Gasteiger partial charge is 0.410 e. The van der Waals surface area contributed by atoms with Crippen molar-refractivity contribution >= 4 is 38.0 Å². The van der Waals surface area contributed by atoms with Gasteiger partial charge in [-0.2, -0.15) is 13.5 Å². The minimum atomic E-state index is -4.60. The van der Waals surface area contributed by atoms with E-state index in [0.29, 0.717) is 35.8 Å². The number of likely N-dealkylation sites (tertiary alicyclic amines) is 2. The minimum Gasteiger partial charge on any atom is -0.496 e. The first-order valence-corrected chi connectivity index (χ1v) is 18.6. The highest BCUT2D eigenvalue weighted by Crippen LogP contribution is 2.40. The summed E-state index contributed by atoms with van der Waals surface area (Å²) < 4.78 is 79.1. The standard InChI is InChI=1S/C34H44BrF2N3O7S/c1-33(2,3)47-32(42)40-19-23-17-39(18-24(23)20-40)31(41)30(34(36,37)25-10-15-28(35)29(16-25)45-4)38-48(43,44)27-13-11-26(12-14-27)46-21-22-8-6-5-7-9-22/h10-16,22-24,30,38H,5-9,17-21H2,1-4H3/t23-,24+,30?. The first-order chi connectivity index (χ1) is 22.6. The molecule has 0 bridgehead atoms. The van der Waals surface area contributed by atoms with Crippen LogP contribution >= 0.6 is 15.9 Å². The summed E-state index contributed by atoms with van der Waals surface area (Å²) in [7, 11) is -3.28. The number of carbonyl (C=O) groups excluding carboxylic acids is 2. The molecule has 2 amide bonds. The van der Waals surface area contributed by atoms with Gasteiger partial charge in [0.2, 0.25) is 15.9 Å². The lowest BCUT2D eigenvalue weighted by Gasteiger charge is -2.31. The lowest BCUT2D eigenvalue weighted by Crippen LogP contribution is -2.56. The number of sulfonamides is 1. The van der Waals surface area contributed by atoms with Crippen LogP contribution in [0.2, 0.25) is 0 Å². The maximum Gasteiger partial charge on any atom is 0.410 e. The van der Waals surface area contributed by atoms with Crippen molar-refractivity contribution < 1.29 is 41.0 Å². The zero-order valence-corrected chi connectivity index (χ0v) is 30.1. The highest BCUT2D eigenvalue weighted by atomic mass is 79.9. The molecule has 1 saturated carbocycles. The molecule has 0 radical (unpaired) electrons. The second-order valence-electron chi connectivity index (χ2n) is 14.0. The SMILES string of the molecule is COc1cc(C(F)(F)C(NS(=O)(=O)c2ccc(OCC3CCCCC3)cc2)C(=O)N2C[C@H]3CN(C(=O)OC(C)(C)C)C[C@H]3C2)ccc1Br. The summed E-state index contributed by atoms with van der Waals surface area (Å²) in [5, 5.41) is 0. The van der Waals surface area contributed by atoms with E-state index >= 15 is 8.78 Å². The number of rotatable bonds is 10. The van der Waals surface area contributed by atoms with Gasteiger partial charge in [-0.25, -0.2) is 13.2 Å². The third-order valence-electron chi connectivity index (χ3n) is 9.21. The molecule has 1 unspecified atom stereocenters. The van der Waals surface area contributed by atoms with Crippen LogP contribution in [0.4, 0.5) is 13.6 Å². The lowest BCUT2D eigenvalue weighted by molar-refractivity contribution is -0.143. The van der Waals surface area contributed by atoms with Gasteiger partial charge in [0.15, 0.2) is 6.04 Å². The van der Waals surface area contributed by atoms with Gasteiger partial charge in [0.1, 0.15) is 17.1 Å². The maximum atomic E-state index is 16.4. The topological polar surface area (TPSA) is 114 Å². The summed E-state index contributed by atoms with van der Waals surface area (Å²) in [5.74, 6) is -4.34. The molecular formula is C34H44BrF2N3O7S. The molecule has 2 saturated heterocycles. The number of carbonyl (C=O) groups is 2. The van der Waals surface area contributed by atoms with Gasteiger partial charge in [0.25, 0.3) is 5.92 Å². The Morgan fingerprint density at radius 2 is 1.56 bits per heavy atom. The van der Waals surface area contributed by atoms with Gasteiger partial charge in [0.05, 0.1) is 23.1 Å². The van der Waals surface area contributed by atoms with Crippen LogP contribution in [0.15, 0.2) is 51.8 Å². The molecular weight excluding hydrogens is 712 g/mol. The Bertz CT molecular complexity index is 1570. The molecule has 3 atom stereocenters. The first-order valence-electron chi connectivity index (χ1n) is 16.3. The van der Waals surface area contributed by atoms with E-state index in [-0.39, 0.29) is 35.6 Å². The highest BCUT2D eigenvalue weighted by Gasteiger charge is 2.53.